The highest BCUT2D eigenvalue weighted by Crippen LogP contribution is 2.34. The van der Waals surface area contributed by atoms with Crippen LogP contribution >= 0.6 is 11.8 Å². The summed E-state index contributed by atoms with van der Waals surface area (Å²) in [7, 11) is -2.56. The first-order valence-electron chi connectivity index (χ1n) is 6.50. The van der Waals surface area contributed by atoms with Gasteiger partial charge in [0, 0.05) is 29.5 Å². The Balaban J connectivity index is 2.42. The maximum absolute atomic E-state index is 12.3. The quantitative estimate of drug-likeness (QED) is 0.470. The minimum Gasteiger partial charge on any atom is -0.295 e. The van der Waals surface area contributed by atoms with E-state index in [1.165, 1.54) is 40.9 Å². The molecule has 1 unspecified atom stereocenters. The molecule has 1 aromatic rings. The second kappa shape index (κ2) is 6.49. The molecule has 1 aromatic carbocycles. The summed E-state index contributed by atoms with van der Waals surface area (Å²) in [6, 6.07) is 5.51. The van der Waals surface area contributed by atoms with Gasteiger partial charge in [0.25, 0.3) is 11.6 Å². The van der Waals surface area contributed by atoms with Gasteiger partial charge in [-0.05, 0) is 12.1 Å². The van der Waals surface area contributed by atoms with Crippen molar-refractivity contribution in [2.45, 2.75) is 30.9 Å². The number of rotatable bonds is 4. The fourth-order valence-electron chi connectivity index (χ4n) is 2.18. The Labute approximate surface area is 133 Å². The molecule has 1 heterocycles. The van der Waals surface area contributed by atoms with Gasteiger partial charge >= 0.3 is 0 Å². The average Bonchev–Trinajstić information content (AvgIpc) is 2.75. The lowest BCUT2D eigenvalue weighted by Crippen LogP contribution is -2.33. The molecule has 7 nitrogen and oxygen atoms in total. The third kappa shape index (κ3) is 3.30. The number of benzene rings is 1. The van der Waals surface area contributed by atoms with Crippen LogP contribution in [0.1, 0.15) is 20.3 Å². The molecule has 22 heavy (non-hydrogen) atoms. The summed E-state index contributed by atoms with van der Waals surface area (Å²) < 4.78 is 22.4. The van der Waals surface area contributed by atoms with Crippen LogP contribution in [0.4, 0.5) is 11.4 Å². The molecule has 9 heteroatoms. The molecule has 1 amide bonds. The molecular weight excluding hydrogens is 328 g/mol. The third-order valence-electron chi connectivity index (χ3n) is 3.07. The SMILES string of the molecule is CC(C)SC1CC(=S(=O)=O)C(=O)N1c1ccc([N+](=O)[O-])cc1. The number of carbonyl (C=O) groups is 1. The van der Waals surface area contributed by atoms with Gasteiger partial charge in [-0.3, -0.25) is 19.8 Å². The van der Waals surface area contributed by atoms with Crippen LogP contribution in [0.2, 0.25) is 0 Å². The molecule has 0 bridgehead atoms. The number of nitrogens with zero attached hydrogens (tertiary/aromatic N) is 2. The van der Waals surface area contributed by atoms with Crippen molar-refractivity contribution in [1.82, 2.24) is 0 Å². The van der Waals surface area contributed by atoms with E-state index >= 15 is 0 Å². The molecule has 118 valence electrons. The Morgan fingerprint density at radius 3 is 2.36 bits per heavy atom. The fourth-order valence-corrected chi connectivity index (χ4v) is 4.05. The summed E-state index contributed by atoms with van der Waals surface area (Å²) in [6.07, 6.45) is 0.134. The van der Waals surface area contributed by atoms with Crippen LogP contribution in [0.5, 0.6) is 0 Å². The van der Waals surface area contributed by atoms with E-state index in [1.54, 1.807) is 0 Å². The lowest BCUT2D eigenvalue weighted by atomic mass is 10.2. The largest absolute Gasteiger partial charge is 0.295 e. The zero-order valence-electron chi connectivity index (χ0n) is 11.9. The molecule has 1 aliphatic rings. The number of hydrogen-bond donors (Lipinski definition) is 0. The number of thioether (sulfide) groups is 1. The van der Waals surface area contributed by atoms with Crippen molar-refractivity contribution in [2.75, 3.05) is 4.90 Å². The predicted molar refractivity (Wildman–Crippen MR) is 85.6 cm³/mol. The monoisotopic (exact) mass is 342 g/mol. The van der Waals surface area contributed by atoms with Gasteiger partial charge < -0.3 is 0 Å². The van der Waals surface area contributed by atoms with Crippen LogP contribution in [-0.4, -0.2) is 34.7 Å². The van der Waals surface area contributed by atoms with E-state index in [9.17, 15) is 23.3 Å². The topological polar surface area (TPSA) is 97.6 Å². The smallest absolute Gasteiger partial charge is 0.270 e. The van der Waals surface area contributed by atoms with E-state index in [4.69, 9.17) is 0 Å². The van der Waals surface area contributed by atoms with Crippen molar-refractivity contribution in [3.63, 3.8) is 0 Å². The number of anilines is 1. The highest BCUT2D eigenvalue weighted by molar-refractivity contribution is 8.00. The Bertz CT molecular complexity index is 732. The maximum Gasteiger partial charge on any atom is 0.270 e. The highest BCUT2D eigenvalue weighted by atomic mass is 32.2. The minimum absolute atomic E-state index is 0.0833. The summed E-state index contributed by atoms with van der Waals surface area (Å²) in [5.74, 6) is -0.569. The molecule has 0 saturated carbocycles. The van der Waals surface area contributed by atoms with Crippen molar-refractivity contribution >= 4 is 44.2 Å². The molecule has 0 aromatic heterocycles. The third-order valence-corrected chi connectivity index (χ3v) is 5.05. The van der Waals surface area contributed by atoms with Crippen molar-refractivity contribution in [3.8, 4) is 0 Å². The summed E-state index contributed by atoms with van der Waals surface area (Å²) in [5.41, 5.74) is 0.370. The molecule has 1 atom stereocenters. The van der Waals surface area contributed by atoms with Gasteiger partial charge in [0.15, 0.2) is 0 Å². The minimum atomic E-state index is -2.56. The summed E-state index contributed by atoms with van der Waals surface area (Å²) in [5, 5.41) is 10.6. The van der Waals surface area contributed by atoms with E-state index in [-0.39, 0.29) is 27.6 Å². The van der Waals surface area contributed by atoms with E-state index in [0.717, 1.165) is 0 Å². The molecule has 0 spiro atoms. The first-order valence-corrected chi connectivity index (χ1v) is 8.51. The van der Waals surface area contributed by atoms with Gasteiger partial charge in [-0.1, -0.05) is 13.8 Å². The summed E-state index contributed by atoms with van der Waals surface area (Å²) >= 11 is 1.48. The van der Waals surface area contributed by atoms with Crippen LogP contribution < -0.4 is 4.90 Å². The first-order chi connectivity index (χ1) is 10.3. The van der Waals surface area contributed by atoms with Gasteiger partial charge in [0.1, 0.15) is 4.86 Å². The molecule has 1 fully saturated rings. The second-order valence-electron chi connectivity index (χ2n) is 4.95. The van der Waals surface area contributed by atoms with E-state index < -0.39 is 21.1 Å². The Morgan fingerprint density at radius 1 is 1.32 bits per heavy atom. The van der Waals surface area contributed by atoms with Gasteiger partial charge in [0.05, 0.1) is 10.3 Å². The van der Waals surface area contributed by atoms with Gasteiger partial charge in [-0.25, -0.2) is 0 Å². The summed E-state index contributed by atoms with van der Waals surface area (Å²) in [6.45, 7) is 3.91. The lowest BCUT2D eigenvalue weighted by molar-refractivity contribution is -0.384. The van der Waals surface area contributed by atoms with Crippen LogP contribution in [0.25, 0.3) is 0 Å². The molecule has 0 aliphatic carbocycles. The van der Waals surface area contributed by atoms with Gasteiger partial charge in [-0.2, -0.15) is 8.42 Å². The molecule has 0 N–H and O–H groups in total. The van der Waals surface area contributed by atoms with Crippen molar-refractivity contribution in [3.05, 3.63) is 34.4 Å². The normalized spacial score (nSPS) is 18.1. The molecule has 2 rings (SSSR count). The van der Waals surface area contributed by atoms with E-state index in [0.29, 0.717) is 5.69 Å². The second-order valence-corrected chi connectivity index (χ2v) is 7.67. The Hall–Kier alpha value is -1.87. The maximum atomic E-state index is 12.3. The number of hydrogen-bond acceptors (Lipinski definition) is 6. The average molecular weight is 342 g/mol. The lowest BCUT2D eigenvalue weighted by Gasteiger charge is -2.25. The summed E-state index contributed by atoms with van der Waals surface area (Å²) in [4.78, 5) is 23.7. The van der Waals surface area contributed by atoms with E-state index in [2.05, 4.69) is 0 Å². The Morgan fingerprint density at radius 2 is 1.91 bits per heavy atom. The molecule has 0 radical (unpaired) electrons. The van der Waals surface area contributed by atoms with Crippen molar-refractivity contribution in [1.29, 1.82) is 0 Å². The van der Waals surface area contributed by atoms with Gasteiger partial charge in [-0.15, -0.1) is 11.8 Å². The molecule has 1 aliphatic heterocycles. The van der Waals surface area contributed by atoms with Crippen molar-refractivity contribution in [2.24, 2.45) is 0 Å². The van der Waals surface area contributed by atoms with Crippen LogP contribution in [-0.2, 0) is 15.1 Å². The Kier molecular flexibility index (Phi) is 4.87. The van der Waals surface area contributed by atoms with Crippen molar-refractivity contribution < 1.29 is 18.1 Å². The number of nitro groups is 1. The number of carbonyl (C=O) groups excluding carboxylic acids is 1. The highest BCUT2D eigenvalue weighted by Gasteiger charge is 2.39. The van der Waals surface area contributed by atoms with Gasteiger partial charge in [0.2, 0.25) is 10.3 Å². The number of amides is 1. The number of non-ortho nitro benzene ring substituents is 1. The number of nitro benzene ring substituents is 1. The van der Waals surface area contributed by atoms with E-state index in [1.807, 2.05) is 13.8 Å². The molecule has 1 saturated heterocycles. The standard InChI is InChI=1S/C13H14N2O5S2/c1-8(2)21-12-7-11(22(19)20)13(16)14(12)9-3-5-10(6-4-9)15(17)18/h3-6,8,12H,7H2,1-2H3. The predicted octanol–water partition coefficient (Wildman–Crippen LogP) is 1.85. The molecular formula is C13H14N2O5S2. The first kappa shape index (κ1) is 16.5. The van der Waals surface area contributed by atoms with Crippen LogP contribution in [0.3, 0.4) is 0 Å². The van der Waals surface area contributed by atoms with Crippen LogP contribution in [0.15, 0.2) is 24.3 Å². The fraction of sp³-hybridized carbons (Fsp3) is 0.385. The van der Waals surface area contributed by atoms with Crippen LogP contribution in [0, 0.1) is 10.1 Å². The zero-order valence-corrected chi connectivity index (χ0v) is 13.6. The zero-order chi connectivity index (χ0) is 16.4.